The molecule has 8 rings (SSSR count). The topological polar surface area (TPSA) is 111 Å². The van der Waals surface area contributed by atoms with Crippen LogP contribution in [-0.4, -0.2) is 112 Å². The summed E-state index contributed by atoms with van der Waals surface area (Å²) < 4.78 is 52.0. The first-order valence-electron chi connectivity index (χ1n) is 20.9. The van der Waals surface area contributed by atoms with Crippen molar-refractivity contribution in [2.45, 2.75) is 165 Å². The molecule has 1 aromatic rings. The zero-order chi connectivity index (χ0) is 38.0. The predicted molar refractivity (Wildman–Crippen MR) is 203 cm³/mol. The van der Waals surface area contributed by atoms with Gasteiger partial charge in [-0.25, -0.2) is 0 Å². The summed E-state index contributed by atoms with van der Waals surface area (Å²) >= 11 is 0. The standard InChI is InChI=1S/C36H56O10.C8H10/c1-20-5-8-28-26-15-25(6-9-29(20)39-3)44-32(21(26)2)16-33-27(34(40-4)19-42-33)14-22(37)13-24-7-10-30-35(45-24)31(11-12-41-30)46-36(28)17-23(38)18-43-36;1-7-5-3-4-6-8(7)2/h20,23-35,38H,2,5-19H2,1,3-4H3;3-6H,1-2H3/t20?,23-,24?,25+,26-,27?,28?,29+,30+,31?,32-,33+,34+,35?,36-;/m1./s1. The monoisotopic (exact) mass is 754 g/mol. The van der Waals surface area contributed by atoms with Gasteiger partial charge in [0.25, 0.3) is 0 Å². The average molecular weight is 755 g/mol. The molecule has 0 radical (unpaired) electrons. The summed E-state index contributed by atoms with van der Waals surface area (Å²) in [5, 5.41) is 11.0. The van der Waals surface area contributed by atoms with Gasteiger partial charge < -0.3 is 43.0 Å². The average Bonchev–Trinajstić information content (AvgIpc) is 3.73. The van der Waals surface area contributed by atoms with Crippen molar-refractivity contribution in [3.05, 3.63) is 47.5 Å². The largest absolute Gasteiger partial charge is 0.391 e. The summed E-state index contributed by atoms with van der Waals surface area (Å²) in [6, 6.07) is 8.36. The molecule has 0 aromatic heterocycles. The molecule has 0 amide bonds. The van der Waals surface area contributed by atoms with Crippen LogP contribution >= 0.6 is 0 Å². The third-order valence-electron chi connectivity index (χ3n) is 14.0. The summed E-state index contributed by atoms with van der Waals surface area (Å²) in [7, 11) is 3.52. The van der Waals surface area contributed by atoms with Crippen LogP contribution in [0, 0.1) is 37.5 Å². The second kappa shape index (κ2) is 17.8. The molecule has 6 aliphatic heterocycles. The molecule has 10 nitrogen and oxygen atoms in total. The van der Waals surface area contributed by atoms with E-state index in [-0.39, 0.29) is 85.1 Å². The zero-order valence-corrected chi connectivity index (χ0v) is 33.3. The van der Waals surface area contributed by atoms with Crippen LogP contribution in [0.4, 0.5) is 0 Å². The Morgan fingerprint density at radius 1 is 0.815 bits per heavy atom. The summed E-state index contributed by atoms with van der Waals surface area (Å²) in [5.74, 6) is -0.492. The van der Waals surface area contributed by atoms with E-state index in [1.54, 1.807) is 7.11 Å². The first-order valence-corrected chi connectivity index (χ1v) is 20.9. The number of benzene rings is 1. The number of ether oxygens (including phenoxy) is 8. The van der Waals surface area contributed by atoms with E-state index in [0.29, 0.717) is 51.2 Å². The highest BCUT2D eigenvalue weighted by Crippen LogP contribution is 2.51. The van der Waals surface area contributed by atoms with E-state index in [1.165, 1.54) is 11.1 Å². The van der Waals surface area contributed by atoms with Gasteiger partial charge in [0.1, 0.15) is 11.9 Å². The second-order valence-corrected chi connectivity index (χ2v) is 17.4. The Morgan fingerprint density at radius 3 is 2.28 bits per heavy atom. The molecule has 1 saturated carbocycles. The molecule has 1 N–H and O–H groups in total. The van der Waals surface area contributed by atoms with Gasteiger partial charge in [-0.2, -0.15) is 0 Å². The molecule has 5 bridgehead atoms. The maximum Gasteiger partial charge on any atom is 0.174 e. The first-order chi connectivity index (χ1) is 26.1. The Kier molecular flexibility index (Phi) is 13.4. The number of Topliss-reactive ketones (excluding diaryl/α,β-unsaturated/α-hetero) is 1. The van der Waals surface area contributed by atoms with Gasteiger partial charge in [0.2, 0.25) is 0 Å². The van der Waals surface area contributed by atoms with E-state index in [2.05, 4.69) is 45.0 Å². The van der Waals surface area contributed by atoms with Crippen LogP contribution in [0.3, 0.4) is 0 Å². The summed E-state index contributed by atoms with van der Waals surface area (Å²) in [5.41, 5.74) is 3.78. The lowest BCUT2D eigenvalue weighted by Crippen LogP contribution is -2.57. The first kappa shape index (κ1) is 40.5. The molecule has 1 aliphatic carbocycles. The zero-order valence-electron chi connectivity index (χ0n) is 33.3. The summed E-state index contributed by atoms with van der Waals surface area (Å²) in [6.45, 7) is 12.5. The fourth-order valence-corrected chi connectivity index (χ4v) is 10.7. The van der Waals surface area contributed by atoms with Crippen molar-refractivity contribution in [1.29, 1.82) is 0 Å². The van der Waals surface area contributed by atoms with Gasteiger partial charge in [-0.3, -0.25) is 4.79 Å². The normalized spacial score (nSPS) is 44.3. The molecule has 7 fully saturated rings. The third-order valence-corrected chi connectivity index (χ3v) is 14.0. The minimum atomic E-state index is -0.996. The molecule has 302 valence electrons. The molecule has 15 atom stereocenters. The van der Waals surface area contributed by atoms with E-state index >= 15 is 0 Å². The van der Waals surface area contributed by atoms with Crippen LogP contribution in [0.25, 0.3) is 0 Å². The smallest absolute Gasteiger partial charge is 0.174 e. The number of rotatable bonds is 2. The lowest BCUT2D eigenvalue weighted by atomic mass is 9.68. The van der Waals surface area contributed by atoms with Crippen molar-refractivity contribution in [3.63, 3.8) is 0 Å². The summed E-state index contributed by atoms with van der Waals surface area (Å²) in [6.07, 6.45) is 6.67. The van der Waals surface area contributed by atoms with E-state index in [4.69, 9.17) is 44.5 Å². The van der Waals surface area contributed by atoms with Crippen LogP contribution in [0.2, 0.25) is 0 Å². The van der Waals surface area contributed by atoms with Gasteiger partial charge in [0.05, 0.1) is 68.1 Å². The Balaban J connectivity index is 0.000000501. The minimum absolute atomic E-state index is 0.0165. The quantitative estimate of drug-likeness (QED) is 0.339. The van der Waals surface area contributed by atoms with E-state index in [1.807, 2.05) is 7.11 Å². The Bertz CT molecular complexity index is 1400. The van der Waals surface area contributed by atoms with Crippen LogP contribution in [0.5, 0.6) is 0 Å². The maximum absolute atomic E-state index is 13.6. The van der Waals surface area contributed by atoms with Gasteiger partial charge in [-0.15, -0.1) is 0 Å². The van der Waals surface area contributed by atoms with Gasteiger partial charge in [-0.1, -0.05) is 37.8 Å². The fourth-order valence-electron chi connectivity index (χ4n) is 10.7. The van der Waals surface area contributed by atoms with Crippen molar-refractivity contribution >= 4 is 5.78 Å². The van der Waals surface area contributed by atoms with Crippen LogP contribution < -0.4 is 0 Å². The molecule has 1 aromatic carbocycles. The highest BCUT2D eigenvalue weighted by Gasteiger charge is 2.56. The lowest BCUT2D eigenvalue weighted by molar-refractivity contribution is -0.316. The number of hydrogen-bond donors (Lipinski definition) is 1. The highest BCUT2D eigenvalue weighted by atomic mass is 16.7. The van der Waals surface area contributed by atoms with Crippen LogP contribution in [-0.2, 0) is 42.7 Å². The van der Waals surface area contributed by atoms with Crippen molar-refractivity contribution in [3.8, 4) is 0 Å². The molecule has 1 spiro atoms. The molecule has 6 heterocycles. The number of fused-ring (bicyclic) bond motifs is 5. The number of aliphatic hydroxyl groups is 1. The SMILES string of the molecule is C=C1[C@H]2C[C@@H]3CC[C@H](OC)C(C)CCC2[C@@]2(C[C@@H](O)CO2)OC2CCO[C@H]4CCC(CC(=O)CC5[C@@H](OC)CO[C@H]5C[C@H]1O3)OC24.Cc1ccccc1C. The van der Waals surface area contributed by atoms with Gasteiger partial charge >= 0.3 is 0 Å². The van der Waals surface area contributed by atoms with Gasteiger partial charge in [0, 0.05) is 58.3 Å². The number of aryl methyl sites for hydroxylation is 2. The molecular weight excluding hydrogens is 688 g/mol. The van der Waals surface area contributed by atoms with Crippen molar-refractivity contribution in [2.75, 3.05) is 34.0 Å². The van der Waals surface area contributed by atoms with Gasteiger partial charge in [-0.05, 0) is 93.7 Å². The van der Waals surface area contributed by atoms with E-state index in [9.17, 15) is 9.90 Å². The Morgan fingerprint density at radius 2 is 1.57 bits per heavy atom. The van der Waals surface area contributed by atoms with Gasteiger partial charge in [0.15, 0.2) is 5.79 Å². The highest BCUT2D eigenvalue weighted by molar-refractivity contribution is 5.79. The number of carbonyl (C=O) groups is 1. The molecule has 6 saturated heterocycles. The second-order valence-electron chi connectivity index (χ2n) is 17.4. The minimum Gasteiger partial charge on any atom is -0.391 e. The van der Waals surface area contributed by atoms with Crippen molar-refractivity contribution in [2.24, 2.45) is 23.7 Å². The molecular formula is C44H66O10. The van der Waals surface area contributed by atoms with E-state index in [0.717, 1.165) is 50.5 Å². The number of carbonyl (C=O) groups excluding carboxylic acids is 1. The molecule has 54 heavy (non-hydrogen) atoms. The number of methoxy groups -OCH3 is 2. The molecule has 10 heteroatoms. The molecule has 6 unspecified atom stereocenters. The summed E-state index contributed by atoms with van der Waals surface area (Å²) in [4.78, 5) is 13.6. The van der Waals surface area contributed by atoms with Crippen molar-refractivity contribution < 1.29 is 47.8 Å². The van der Waals surface area contributed by atoms with Crippen LogP contribution in [0.15, 0.2) is 36.4 Å². The number of aliphatic hydroxyl groups excluding tert-OH is 1. The van der Waals surface area contributed by atoms with Crippen molar-refractivity contribution in [1.82, 2.24) is 0 Å². The predicted octanol–water partition coefficient (Wildman–Crippen LogP) is 6.44. The third kappa shape index (κ3) is 8.87. The fraction of sp³-hybridized carbons (Fsp3) is 0.795. The number of ketones is 1. The lowest BCUT2D eigenvalue weighted by Gasteiger charge is -2.51. The number of hydrogen-bond acceptors (Lipinski definition) is 10. The Labute approximate surface area is 322 Å². The molecule has 7 aliphatic rings. The maximum atomic E-state index is 13.6. The van der Waals surface area contributed by atoms with Crippen LogP contribution in [0.1, 0.15) is 95.1 Å². The Hall–Kier alpha value is -1.73. The van der Waals surface area contributed by atoms with E-state index < -0.39 is 11.9 Å².